The molecule has 100 valence electrons. The third kappa shape index (κ3) is 4.12. The summed E-state index contributed by atoms with van der Waals surface area (Å²) in [6.45, 7) is 5.04. The lowest BCUT2D eigenvalue weighted by atomic mass is 10.2. The Morgan fingerprint density at radius 2 is 2.28 bits per heavy atom. The molecule has 6 nitrogen and oxygen atoms in total. The lowest BCUT2D eigenvalue weighted by Crippen LogP contribution is -2.47. The van der Waals surface area contributed by atoms with Gasteiger partial charge in [-0.2, -0.15) is 5.10 Å². The molecule has 18 heavy (non-hydrogen) atoms. The van der Waals surface area contributed by atoms with E-state index >= 15 is 0 Å². The quantitative estimate of drug-likeness (QED) is 0.703. The van der Waals surface area contributed by atoms with Crippen LogP contribution in [-0.4, -0.2) is 59.9 Å². The largest absolute Gasteiger partial charge is 0.355 e. The van der Waals surface area contributed by atoms with Crippen molar-refractivity contribution in [3.63, 3.8) is 0 Å². The van der Waals surface area contributed by atoms with E-state index in [9.17, 15) is 4.79 Å². The highest BCUT2D eigenvalue weighted by molar-refractivity contribution is 5.78. The molecule has 0 aromatic carbocycles. The smallest absolute Gasteiger partial charge is 0.234 e. The SMILES string of the molecule is Cn1cc(CCNC(=O)CN2CCNCC2)cn1. The maximum atomic E-state index is 11.7. The van der Waals surface area contributed by atoms with Crippen LogP contribution in [0.25, 0.3) is 0 Å². The van der Waals surface area contributed by atoms with Crippen molar-refractivity contribution < 1.29 is 4.79 Å². The highest BCUT2D eigenvalue weighted by Gasteiger charge is 2.12. The van der Waals surface area contributed by atoms with Crippen molar-refractivity contribution in [1.82, 2.24) is 25.3 Å². The second-order valence-electron chi connectivity index (χ2n) is 4.65. The van der Waals surface area contributed by atoms with Gasteiger partial charge in [-0.25, -0.2) is 0 Å². The zero-order valence-corrected chi connectivity index (χ0v) is 10.9. The van der Waals surface area contributed by atoms with Gasteiger partial charge in [0, 0.05) is 46.0 Å². The van der Waals surface area contributed by atoms with Crippen LogP contribution < -0.4 is 10.6 Å². The molecule has 0 unspecified atom stereocenters. The molecule has 1 aromatic rings. The van der Waals surface area contributed by atoms with Gasteiger partial charge in [-0.3, -0.25) is 14.4 Å². The summed E-state index contributed by atoms with van der Waals surface area (Å²) >= 11 is 0. The molecular formula is C12H21N5O. The number of hydrogen-bond donors (Lipinski definition) is 2. The molecule has 6 heteroatoms. The molecule has 0 aliphatic carbocycles. The van der Waals surface area contributed by atoms with Crippen LogP contribution in [0.5, 0.6) is 0 Å². The van der Waals surface area contributed by atoms with Crippen LogP contribution in [0.15, 0.2) is 12.4 Å². The number of hydrogen-bond acceptors (Lipinski definition) is 4. The zero-order chi connectivity index (χ0) is 12.8. The second-order valence-corrected chi connectivity index (χ2v) is 4.65. The Hall–Kier alpha value is -1.40. The Labute approximate surface area is 107 Å². The molecule has 1 fully saturated rings. The summed E-state index contributed by atoms with van der Waals surface area (Å²) in [6.07, 6.45) is 4.64. The Morgan fingerprint density at radius 3 is 2.94 bits per heavy atom. The van der Waals surface area contributed by atoms with Gasteiger partial charge in [0.2, 0.25) is 5.91 Å². The maximum Gasteiger partial charge on any atom is 0.234 e. The molecule has 2 rings (SSSR count). The molecule has 0 radical (unpaired) electrons. The highest BCUT2D eigenvalue weighted by Crippen LogP contribution is 1.96. The number of rotatable bonds is 5. The van der Waals surface area contributed by atoms with Crippen LogP contribution in [0, 0.1) is 0 Å². The first-order valence-corrected chi connectivity index (χ1v) is 6.41. The van der Waals surface area contributed by atoms with E-state index in [1.807, 2.05) is 19.4 Å². The molecule has 0 saturated carbocycles. The fraction of sp³-hybridized carbons (Fsp3) is 0.667. The Kier molecular flexibility index (Phi) is 4.72. The van der Waals surface area contributed by atoms with Crippen LogP contribution in [-0.2, 0) is 18.3 Å². The molecule has 1 aromatic heterocycles. The van der Waals surface area contributed by atoms with E-state index in [4.69, 9.17) is 0 Å². The molecule has 1 amide bonds. The summed E-state index contributed by atoms with van der Waals surface area (Å²) in [5, 5.41) is 10.3. The average molecular weight is 251 g/mol. The number of nitrogens with zero attached hydrogens (tertiary/aromatic N) is 3. The summed E-state index contributed by atoms with van der Waals surface area (Å²) < 4.78 is 1.78. The average Bonchev–Trinajstić information content (AvgIpc) is 2.76. The van der Waals surface area contributed by atoms with Crippen LogP contribution in [0.1, 0.15) is 5.56 Å². The molecule has 0 atom stereocenters. The van der Waals surface area contributed by atoms with Crippen LogP contribution >= 0.6 is 0 Å². The summed E-state index contributed by atoms with van der Waals surface area (Å²) in [7, 11) is 1.90. The fourth-order valence-electron chi connectivity index (χ4n) is 2.08. The Morgan fingerprint density at radius 1 is 1.50 bits per heavy atom. The van der Waals surface area contributed by atoms with E-state index in [0.29, 0.717) is 13.1 Å². The van der Waals surface area contributed by atoms with E-state index in [2.05, 4.69) is 20.6 Å². The number of aryl methyl sites for hydroxylation is 1. The molecule has 0 bridgehead atoms. The predicted molar refractivity (Wildman–Crippen MR) is 69.2 cm³/mol. The van der Waals surface area contributed by atoms with E-state index < -0.39 is 0 Å². The van der Waals surface area contributed by atoms with Crippen molar-refractivity contribution in [3.8, 4) is 0 Å². The van der Waals surface area contributed by atoms with Crippen molar-refractivity contribution in [2.24, 2.45) is 7.05 Å². The molecule has 0 spiro atoms. The first-order valence-electron chi connectivity index (χ1n) is 6.41. The van der Waals surface area contributed by atoms with E-state index in [1.165, 1.54) is 0 Å². The van der Waals surface area contributed by atoms with Crippen molar-refractivity contribution in [1.29, 1.82) is 0 Å². The van der Waals surface area contributed by atoms with Crippen LogP contribution in [0.3, 0.4) is 0 Å². The third-order valence-corrected chi connectivity index (χ3v) is 3.07. The summed E-state index contributed by atoms with van der Waals surface area (Å²) in [4.78, 5) is 13.9. The first-order chi connectivity index (χ1) is 8.74. The number of nitrogens with one attached hydrogen (secondary N) is 2. The zero-order valence-electron chi connectivity index (χ0n) is 10.9. The van der Waals surface area contributed by atoms with Gasteiger partial charge in [0.1, 0.15) is 0 Å². The van der Waals surface area contributed by atoms with Gasteiger partial charge in [0.15, 0.2) is 0 Å². The third-order valence-electron chi connectivity index (χ3n) is 3.07. The molecule has 2 N–H and O–H groups in total. The molecular weight excluding hydrogens is 230 g/mol. The lowest BCUT2D eigenvalue weighted by Gasteiger charge is -2.26. The Balaban J connectivity index is 1.62. The van der Waals surface area contributed by atoms with E-state index in [1.54, 1.807) is 4.68 Å². The van der Waals surface area contributed by atoms with Crippen molar-refractivity contribution >= 4 is 5.91 Å². The topological polar surface area (TPSA) is 62.2 Å². The van der Waals surface area contributed by atoms with Gasteiger partial charge in [0.05, 0.1) is 12.7 Å². The number of piperazine rings is 1. The van der Waals surface area contributed by atoms with Crippen molar-refractivity contribution in [2.75, 3.05) is 39.3 Å². The maximum absolute atomic E-state index is 11.7. The van der Waals surface area contributed by atoms with Crippen LogP contribution in [0.2, 0.25) is 0 Å². The number of carbonyl (C=O) groups is 1. The summed E-state index contributed by atoms with van der Waals surface area (Å²) in [5.74, 6) is 0.112. The molecule has 1 aliphatic heterocycles. The number of amides is 1. The summed E-state index contributed by atoms with van der Waals surface area (Å²) in [5.41, 5.74) is 1.15. The van der Waals surface area contributed by atoms with Gasteiger partial charge in [-0.15, -0.1) is 0 Å². The number of carbonyl (C=O) groups excluding carboxylic acids is 1. The van der Waals surface area contributed by atoms with Crippen LogP contribution in [0.4, 0.5) is 0 Å². The predicted octanol–water partition coefficient (Wildman–Crippen LogP) is -1.02. The van der Waals surface area contributed by atoms with Gasteiger partial charge >= 0.3 is 0 Å². The van der Waals surface area contributed by atoms with Gasteiger partial charge < -0.3 is 10.6 Å². The van der Waals surface area contributed by atoms with E-state index in [0.717, 1.165) is 38.2 Å². The van der Waals surface area contributed by atoms with Gasteiger partial charge in [-0.05, 0) is 12.0 Å². The van der Waals surface area contributed by atoms with Crippen molar-refractivity contribution in [3.05, 3.63) is 18.0 Å². The van der Waals surface area contributed by atoms with Crippen molar-refractivity contribution in [2.45, 2.75) is 6.42 Å². The van der Waals surface area contributed by atoms with E-state index in [-0.39, 0.29) is 5.91 Å². The molecule has 1 aliphatic rings. The standard InChI is InChI=1S/C12H21N5O/c1-16-9-11(8-15-16)2-3-14-12(18)10-17-6-4-13-5-7-17/h8-9,13H,2-7,10H2,1H3,(H,14,18). The fourth-order valence-corrected chi connectivity index (χ4v) is 2.08. The number of aromatic nitrogens is 2. The Bertz CT molecular complexity index is 384. The van der Waals surface area contributed by atoms with Gasteiger partial charge in [-0.1, -0.05) is 0 Å². The minimum Gasteiger partial charge on any atom is -0.355 e. The normalized spacial score (nSPS) is 16.7. The highest BCUT2D eigenvalue weighted by atomic mass is 16.2. The second kappa shape index (κ2) is 6.51. The summed E-state index contributed by atoms with van der Waals surface area (Å²) in [6, 6.07) is 0. The first kappa shape index (κ1) is 13.0. The minimum atomic E-state index is 0.112. The van der Waals surface area contributed by atoms with Gasteiger partial charge in [0.25, 0.3) is 0 Å². The monoisotopic (exact) mass is 251 g/mol. The molecule has 2 heterocycles. The lowest BCUT2D eigenvalue weighted by molar-refractivity contribution is -0.122. The molecule has 1 saturated heterocycles. The minimum absolute atomic E-state index is 0.112.